The molecular formula is C72H130O6. The Kier molecular flexibility index (Phi) is 64.2. The van der Waals surface area contributed by atoms with Gasteiger partial charge in [-0.2, -0.15) is 0 Å². The van der Waals surface area contributed by atoms with Gasteiger partial charge in [0.1, 0.15) is 13.2 Å². The van der Waals surface area contributed by atoms with E-state index in [9.17, 15) is 14.4 Å². The fourth-order valence-corrected chi connectivity index (χ4v) is 10.1. The molecule has 0 fully saturated rings. The van der Waals surface area contributed by atoms with Crippen molar-refractivity contribution in [1.29, 1.82) is 0 Å². The Morgan fingerprint density at radius 1 is 0.269 bits per heavy atom. The van der Waals surface area contributed by atoms with Crippen LogP contribution in [0.2, 0.25) is 0 Å². The predicted molar refractivity (Wildman–Crippen MR) is 339 cm³/mol. The van der Waals surface area contributed by atoms with Crippen LogP contribution in [0.4, 0.5) is 0 Å². The summed E-state index contributed by atoms with van der Waals surface area (Å²) in [5, 5.41) is 0. The summed E-state index contributed by atoms with van der Waals surface area (Å²) >= 11 is 0. The summed E-state index contributed by atoms with van der Waals surface area (Å²) in [4.78, 5) is 38.3. The first kappa shape index (κ1) is 75.1. The molecule has 0 aromatic carbocycles. The summed E-state index contributed by atoms with van der Waals surface area (Å²) < 4.78 is 16.9. The van der Waals surface area contributed by atoms with E-state index in [1.165, 1.54) is 238 Å². The number of hydrogen-bond donors (Lipinski definition) is 0. The van der Waals surface area contributed by atoms with Crippen LogP contribution in [0.5, 0.6) is 0 Å². The van der Waals surface area contributed by atoms with E-state index in [1.807, 2.05) is 0 Å². The molecule has 0 radical (unpaired) electrons. The van der Waals surface area contributed by atoms with Crippen LogP contribution in [-0.4, -0.2) is 37.2 Å². The van der Waals surface area contributed by atoms with Crippen molar-refractivity contribution >= 4 is 17.9 Å². The lowest BCUT2D eigenvalue weighted by molar-refractivity contribution is -0.167. The first-order valence-corrected chi connectivity index (χ1v) is 34.3. The summed E-state index contributed by atoms with van der Waals surface area (Å²) in [5.41, 5.74) is 0. The maximum atomic E-state index is 12.9. The highest BCUT2D eigenvalue weighted by Crippen LogP contribution is 2.18. The van der Waals surface area contributed by atoms with Crippen molar-refractivity contribution in [3.63, 3.8) is 0 Å². The first-order valence-electron chi connectivity index (χ1n) is 34.3. The molecule has 0 aliphatic carbocycles. The van der Waals surface area contributed by atoms with E-state index < -0.39 is 6.10 Å². The van der Waals surface area contributed by atoms with Gasteiger partial charge in [-0.25, -0.2) is 0 Å². The molecule has 0 bridgehead atoms. The lowest BCUT2D eigenvalue weighted by Crippen LogP contribution is -2.30. The Balaban J connectivity index is 4.17. The Labute approximate surface area is 485 Å². The van der Waals surface area contributed by atoms with Gasteiger partial charge in [-0.1, -0.05) is 319 Å². The van der Waals surface area contributed by atoms with Crippen molar-refractivity contribution in [2.24, 2.45) is 0 Å². The van der Waals surface area contributed by atoms with Crippen LogP contribution >= 0.6 is 0 Å². The highest BCUT2D eigenvalue weighted by molar-refractivity contribution is 5.71. The van der Waals surface area contributed by atoms with Crippen LogP contribution in [0, 0.1) is 0 Å². The van der Waals surface area contributed by atoms with Crippen LogP contribution in [0.3, 0.4) is 0 Å². The molecular weight excluding hydrogens is 961 g/mol. The number of allylic oxidation sites excluding steroid dienone is 10. The third-order valence-electron chi connectivity index (χ3n) is 15.3. The summed E-state index contributed by atoms with van der Waals surface area (Å²) in [5.74, 6) is -0.856. The molecule has 0 aliphatic rings. The molecule has 0 N–H and O–H groups in total. The van der Waals surface area contributed by atoms with Crippen LogP contribution in [0.15, 0.2) is 60.8 Å². The number of ether oxygens (including phenoxy) is 3. The Hall–Kier alpha value is -2.89. The van der Waals surface area contributed by atoms with Crippen LogP contribution in [-0.2, 0) is 28.6 Å². The van der Waals surface area contributed by atoms with Gasteiger partial charge in [0, 0.05) is 19.3 Å². The van der Waals surface area contributed by atoms with Crippen molar-refractivity contribution in [2.45, 2.75) is 367 Å². The van der Waals surface area contributed by atoms with Crippen molar-refractivity contribution in [2.75, 3.05) is 13.2 Å². The number of hydrogen-bond acceptors (Lipinski definition) is 6. The minimum absolute atomic E-state index is 0.0716. The topological polar surface area (TPSA) is 78.9 Å². The molecule has 6 nitrogen and oxygen atoms in total. The Bertz CT molecular complexity index is 1390. The van der Waals surface area contributed by atoms with Gasteiger partial charge in [0.15, 0.2) is 6.10 Å². The Morgan fingerprint density at radius 2 is 0.500 bits per heavy atom. The molecule has 1 unspecified atom stereocenters. The van der Waals surface area contributed by atoms with Gasteiger partial charge in [0.05, 0.1) is 0 Å². The van der Waals surface area contributed by atoms with Gasteiger partial charge in [0.25, 0.3) is 0 Å². The molecule has 454 valence electrons. The molecule has 0 aromatic heterocycles. The molecule has 0 heterocycles. The van der Waals surface area contributed by atoms with Gasteiger partial charge < -0.3 is 14.2 Å². The van der Waals surface area contributed by atoms with Crippen LogP contribution < -0.4 is 0 Å². The predicted octanol–water partition coefficient (Wildman–Crippen LogP) is 23.5. The molecule has 0 aromatic rings. The second kappa shape index (κ2) is 66.6. The number of carbonyl (C=O) groups is 3. The van der Waals surface area contributed by atoms with Crippen molar-refractivity contribution < 1.29 is 28.6 Å². The third-order valence-corrected chi connectivity index (χ3v) is 15.3. The SMILES string of the molecule is CC/C=C\C/C=C\C/C=C\C/C=C\CCCCCCCCCCCCC(=O)OC(COC(=O)CCCCCCCCCCCC)COC(=O)CCCCCCCCCCCCCCCCC/C=C\CCCCCCCCCC. The third kappa shape index (κ3) is 63.9. The highest BCUT2D eigenvalue weighted by atomic mass is 16.6. The maximum absolute atomic E-state index is 12.9. The fraction of sp³-hybridized carbons (Fsp3) is 0.819. The Morgan fingerprint density at radius 3 is 0.795 bits per heavy atom. The molecule has 78 heavy (non-hydrogen) atoms. The summed E-state index contributed by atoms with van der Waals surface area (Å²) in [6.45, 7) is 6.56. The van der Waals surface area contributed by atoms with Crippen molar-refractivity contribution in [3.8, 4) is 0 Å². The zero-order chi connectivity index (χ0) is 56.4. The van der Waals surface area contributed by atoms with E-state index in [0.29, 0.717) is 19.3 Å². The summed E-state index contributed by atoms with van der Waals surface area (Å²) in [6.07, 6.45) is 85.4. The molecule has 6 heteroatoms. The monoisotopic (exact) mass is 1090 g/mol. The minimum atomic E-state index is -0.774. The van der Waals surface area contributed by atoms with Crippen LogP contribution in [0.1, 0.15) is 361 Å². The molecule has 0 spiro atoms. The molecule has 0 amide bonds. The van der Waals surface area contributed by atoms with E-state index in [-0.39, 0.29) is 31.1 Å². The molecule has 1 atom stereocenters. The van der Waals surface area contributed by atoms with Crippen molar-refractivity contribution in [1.82, 2.24) is 0 Å². The minimum Gasteiger partial charge on any atom is -0.462 e. The second-order valence-electron chi connectivity index (χ2n) is 23.1. The lowest BCUT2D eigenvalue weighted by Gasteiger charge is -2.18. The number of rotatable bonds is 63. The lowest BCUT2D eigenvalue weighted by atomic mass is 10.0. The quantitative estimate of drug-likeness (QED) is 0.0261. The highest BCUT2D eigenvalue weighted by Gasteiger charge is 2.19. The van der Waals surface area contributed by atoms with Gasteiger partial charge in [-0.05, 0) is 83.5 Å². The van der Waals surface area contributed by atoms with E-state index in [4.69, 9.17) is 14.2 Å². The number of carbonyl (C=O) groups excluding carboxylic acids is 3. The van der Waals surface area contributed by atoms with Crippen molar-refractivity contribution in [3.05, 3.63) is 60.8 Å². The zero-order valence-electron chi connectivity index (χ0n) is 52.2. The van der Waals surface area contributed by atoms with Gasteiger partial charge >= 0.3 is 17.9 Å². The van der Waals surface area contributed by atoms with Gasteiger partial charge in [-0.3, -0.25) is 14.4 Å². The molecule has 0 aliphatic heterocycles. The summed E-state index contributed by atoms with van der Waals surface area (Å²) in [6, 6.07) is 0. The molecule has 0 saturated heterocycles. The standard InChI is InChI=1S/C72H130O6/c1-4-7-10-13-16-19-22-24-26-28-30-32-34-35-36-37-39-40-42-44-46-48-50-53-56-59-62-65-71(74)77-68-69(67-76-70(73)64-61-58-55-52-21-18-15-12-9-6-3)78-72(75)66-63-60-57-54-51-49-47-45-43-41-38-33-31-29-27-25-23-20-17-14-11-8-5-2/h8,11,17,20,25,27-28,30-31,33,69H,4-7,9-10,12-16,18-19,21-24,26,29,32,34-68H2,1-3H3/b11-8-,20-17-,27-25-,30-28-,33-31-. The average molecular weight is 1090 g/mol. The van der Waals surface area contributed by atoms with E-state index >= 15 is 0 Å². The van der Waals surface area contributed by atoms with E-state index in [0.717, 1.165) is 83.5 Å². The van der Waals surface area contributed by atoms with Gasteiger partial charge in [0.2, 0.25) is 0 Å². The number of unbranched alkanes of at least 4 members (excludes halogenated alkanes) is 42. The van der Waals surface area contributed by atoms with Crippen LogP contribution in [0.25, 0.3) is 0 Å². The number of esters is 3. The first-order chi connectivity index (χ1) is 38.5. The second-order valence-corrected chi connectivity index (χ2v) is 23.1. The normalized spacial score (nSPS) is 12.4. The van der Waals surface area contributed by atoms with E-state index in [1.54, 1.807) is 0 Å². The van der Waals surface area contributed by atoms with Gasteiger partial charge in [-0.15, -0.1) is 0 Å². The average Bonchev–Trinajstić information content (AvgIpc) is 3.44. The summed E-state index contributed by atoms with van der Waals surface area (Å²) in [7, 11) is 0. The molecule has 0 rings (SSSR count). The molecule has 0 saturated carbocycles. The smallest absolute Gasteiger partial charge is 0.306 e. The zero-order valence-corrected chi connectivity index (χ0v) is 52.2. The van der Waals surface area contributed by atoms with E-state index in [2.05, 4.69) is 81.5 Å². The maximum Gasteiger partial charge on any atom is 0.306 e. The fourth-order valence-electron chi connectivity index (χ4n) is 10.1. The largest absolute Gasteiger partial charge is 0.462 e.